The van der Waals surface area contributed by atoms with Crippen molar-refractivity contribution < 1.29 is 17.6 Å². The van der Waals surface area contributed by atoms with E-state index in [0.717, 1.165) is 29.6 Å². The molecule has 124 valence electrons. The van der Waals surface area contributed by atoms with Gasteiger partial charge in [0, 0.05) is 16.8 Å². The van der Waals surface area contributed by atoms with Crippen LogP contribution in [0.2, 0.25) is 5.02 Å². The predicted molar refractivity (Wildman–Crippen MR) is 83.5 cm³/mol. The van der Waals surface area contributed by atoms with Crippen molar-refractivity contribution in [3.05, 3.63) is 59.3 Å². The van der Waals surface area contributed by atoms with Crippen LogP contribution in [-0.4, -0.2) is 15.0 Å². The number of nitrogens with zero attached hydrogens (tertiary/aromatic N) is 3. The SMILES string of the molecule is FC(F)(F)c1ccnc(SCc2ncc(-c3ccc(Cl)cc3)o2)n1. The van der Waals surface area contributed by atoms with Gasteiger partial charge in [-0.2, -0.15) is 13.2 Å². The Morgan fingerprint density at radius 3 is 2.54 bits per heavy atom. The second-order valence-electron chi connectivity index (χ2n) is 4.64. The fourth-order valence-corrected chi connectivity index (χ4v) is 2.63. The van der Waals surface area contributed by atoms with Crippen molar-refractivity contribution in [2.45, 2.75) is 17.1 Å². The standard InChI is InChI=1S/C15H9ClF3N3OS/c16-10-3-1-9(2-4-10)11-7-21-13(23-11)8-24-14-20-6-5-12(22-14)15(17,18)19/h1-7H,8H2. The van der Waals surface area contributed by atoms with Gasteiger partial charge >= 0.3 is 6.18 Å². The van der Waals surface area contributed by atoms with Crippen LogP contribution >= 0.6 is 23.4 Å². The molecule has 24 heavy (non-hydrogen) atoms. The summed E-state index contributed by atoms with van der Waals surface area (Å²) in [5.41, 5.74) is -0.173. The first-order valence-electron chi connectivity index (χ1n) is 6.65. The third-order valence-corrected chi connectivity index (χ3v) is 4.03. The van der Waals surface area contributed by atoms with Gasteiger partial charge in [0.25, 0.3) is 0 Å². The van der Waals surface area contributed by atoms with Gasteiger partial charge in [0.15, 0.2) is 10.9 Å². The van der Waals surface area contributed by atoms with Crippen LogP contribution in [0.5, 0.6) is 0 Å². The maximum atomic E-state index is 12.6. The van der Waals surface area contributed by atoms with Gasteiger partial charge in [0.2, 0.25) is 5.89 Å². The minimum Gasteiger partial charge on any atom is -0.440 e. The number of hydrogen-bond acceptors (Lipinski definition) is 5. The number of halogens is 4. The van der Waals surface area contributed by atoms with Crippen LogP contribution < -0.4 is 0 Å². The lowest BCUT2D eigenvalue weighted by molar-refractivity contribution is -0.141. The van der Waals surface area contributed by atoms with Crippen LogP contribution in [0.15, 0.2) is 52.3 Å². The summed E-state index contributed by atoms with van der Waals surface area (Å²) in [5.74, 6) is 1.13. The zero-order valence-corrected chi connectivity index (χ0v) is 13.5. The van der Waals surface area contributed by atoms with Gasteiger partial charge in [0.1, 0.15) is 5.69 Å². The smallest absolute Gasteiger partial charge is 0.433 e. The number of benzene rings is 1. The summed E-state index contributed by atoms with van der Waals surface area (Å²) >= 11 is 6.84. The Morgan fingerprint density at radius 2 is 1.83 bits per heavy atom. The summed E-state index contributed by atoms with van der Waals surface area (Å²) in [6.07, 6.45) is -1.87. The van der Waals surface area contributed by atoms with E-state index in [-0.39, 0.29) is 10.9 Å². The Balaban J connectivity index is 1.69. The predicted octanol–water partition coefficient (Wildman–Crippen LogP) is 5.10. The van der Waals surface area contributed by atoms with Crippen molar-refractivity contribution in [3.63, 3.8) is 0 Å². The first-order valence-corrected chi connectivity index (χ1v) is 8.02. The second-order valence-corrected chi connectivity index (χ2v) is 6.01. The minimum absolute atomic E-state index is 0.0102. The molecular formula is C15H9ClF3N3OS. The molecule has 3 rings (SSSR count). The van der Waals surface area contributed by atoms with Crippen molar-refractivity contribution in [1.82, 2.24) is 15.0 Å². The molecule has 0 amide bonds. The van der Waals surface area contributed by atoms with E-state index in [1.807, 2.05) is 0 Å². The van der Waals surface area contributed by atoms with Gasteiger partial charge in [-0.1, -0.05) is 23.4 Å². The van der Waals surface area contributed by atoms with Gasteiger partial charge in [-0.25, -0.2) is 15.0 Å². The Morgan fingerprint density at radius 1 is 1.08 bits per heavy atom. The Hall–Kier alpha value is -2.06. The molecule has 9 heteroatoms. The molecule has 0 fully saturated rings. The molecule has 3 aromatic rings. The molecule has 0 radical (unpaired) electrons. The van der Waals surface area contributed by atoms with Gasteiger partial charge in [-0.15, -0.1) is 0 Å². The zero-order chi connectivity index (χ0) is 17.2. The quantitative estimate of drug-likeness (QED) is 0.472. The summed E-state index contributed by atoms with van der Waals surface area (Å²) in [4.78, 5) is 11.4. The first-order chi connectivity index (χ1) is 11.4. The lowest BCUT2D eigenvalue weighted by Gasteiger charge is -2.05. The van der Waals surface area contributed by atoms with E-state index >= 15 is 0 Å². The molecule has 0 spiro atoms. The Labute approximate surface area is 144 Å². The number of alkyl halides is 3. The summed E-state index contributed by atoms with van der Waals surface area (Å²) in [7, 11) is 0. The average Bonchev–Trinajstić information content (AvgIpc) is 3.02. The van der Waals surface area contributed by atoms with Crippen LogP contribution in [-0.2, 0) is 11.9 Å². The van der Waals surface area contributed by atoms with Crippen LogP contribution in [0.1, 0.15) is 11.6 Å². The number of hydrogen-bond donors (Lipinski definition) is 0. The van der Waals surface area contributed by atoms with Crippen LogP contribution in [0, 0.1) is 0 Å². The van der Waals surface area contributed by atoms with Crippen LogP contribution in [0.25, 0.3) is 11.3 Å². The van der Waals surface area contributed by atoms with E-state index in [1.165, 1.54) is 0 Å². The molecule has 0 bridgehead atoms. The van der Waals surface area contributed by atoms with E-state index in [2.05, 4.69) is 15.0 Å². The van der Waals surface area contributed by atoms with Crippen molar-refractivity contribution in [2.75, 3.05) is 0 Å². The third kappa shape index (κ3) is 4.07. The molecule has 1 aromatic carbocycles. The highest BCUT2D eigenvalue weighted by Crippen LogP contribution is 2.29. The van der Waals surface area contributed by atoms with Gasteiger partial charge in [0.05, 0.1) is 11.9 Å². The summed E-state index contributed by atoms with van der Waals surface area (Å²) in [6.45, 7) is 0. The fourth-order valence-electron chi connectivity index (χ4n) is 1.82. The molecule has 0 aliphatic carbocycles. The first kappa shape index (κ1) is 16.8. The molecular weight excluding hydrogens is 363 g/mol. The highest BCUT2D eigenvalue weighted by atomic mass is 35.5. The minimum atomic E-state index is -4.50. The number of oxazole rings is 1. The second kappa shape index (κ2) is 6.82. The molecule has 0 aliphatic rings. The van der Waals surface area contributed by atoms with Crippen LogP contribution in [0.4, 0.5) is 13.2 Å². The van der Waals surface area contributed by atoms with Gasteiger partial charge in [-0.3, -0.25) is 0 Å². The zero-order valence-electron chi connectivity index (χ0n) is 11.9. The van der Waals surface area contributed by atoms with E-state index < -0.39 is 11.9 Å². The molecule has 0 atom stereocenters. The highest BCUT2D eigenvalue weighted by molar-refractivity contribution is 7.98. The lowest BCUT2D eigenvalue weighted by Crippen LogP contribution is -2.08. The molecule has 0 saturated heterocycles. The van der Waals surface area contributed by atoms with Gasteiger partial charge in [-0.05, 0) is 30.3 Å². The molecule has 0 unspecified atom stereocenters. The molecule has 0 N–H and O–H groups in total. The molecule has 2 aromatic heterocycles. The Kier molecular flexibility index (Phi) is 4.77. The maximum Gasteiger partial charge on any atom is 0.433 e. The third-order valence-electron chi connectivity index (χ3n) is 2.93. The van der Waals surface area contributed by atoms with E-state index in [9.17, 15) is 13.2 Å². The van der Waals surface area contributed by atoms with Crippen molar-refractivity contribution in [2.24, 2.45) is 0 Å². The molecule has 4 nitrogen and oxygen atoms in total. The summed E-state index contributed by atoms with van der Waals surface area (Å²) in [5, 5.41) is 0.617. The monoisotopic (exact) mass is 371 g/mol. The van der Waals surface area contributed by atoms with E-state index in [0.29, 0.717) is 16.7 Å². The largest absolute Gasteiger partial charge is 0.440 e. The van der Waals surface area contributed by atoms with Crippen molar-refractivity contribution in [1.29, 1.82) is 0 Å². The Bertz CT molecular complexity index is 836. The molecule has 2 heterocycles. The van der Waals surface area contributed by atoms with Crippen LogP contribution in [0.3, 0.4) is 0 Å². The lowest BCUT2D eigenvalue weighted by atomic mass is 10.2. The maximum absolute atomic E-state index is 12.6. The van der Waals surface area contributed by atoms with E-state index in [4.69, 9.17) is 16.0 Å². The number of rotatable bonds is 4. The summed E-state index contributed by atoms with van der Waals surface area (Å²) < 4.78 is 43.4. The van der Waals surface area contributed by atoms with Gasteiger partial charge < -0.3 is 4.42 Å². The number of aromatic nitrogens is 3. The topological polar surface area (TPSA) is 51.8 Å². The fraction of sp³-hybridized carbons (Fsp3) is 0.133. The molecule has 0 saturated carbocycles. The molecule has 0 aliphatic heterocycles. The van der Waals surface area contributed by atoms with Crippen molar-refractivity contribution >= 4 is 23.4 Å². The average molecular weight is 372 g/mol. The van der Waals surface area contributed by atoms with E-state index in [1.54, 1.807) is 30.5 Å². The summed E-state index contributed by atoms with van der Waals surface area (Å²) in [6, 6.07) is 7.85. The number of thioether (sulfide) groups is 1. The normalized spacial score (nSPS) is 11.7. The highest BCUT2D eigenvalue weighted by Gasteiger charge is 2.32. The van der Waals surface area contributed by atoms with Crippen molar-refractivity contribution in [3.8, 4) is 11.3 Å².